The normalized spacial score (nSPS) is 25.1. The molecule has 34 heavy (non-hydrogen) atoms. The maximum atomic E-state index is 13.1. The van der Waals surface area contributed by atoms with Gasteiger partial charge in [0.05, 0.1) is 17.8 Å². The number of carbonyl (C=O) groups excluding carboxylic acids is 2. The lowest BCUT2D eigenvalue weighted by Gasteiger charge is -2.26. The Bertz CT molecular complexity index is 1220. The van der Waals surface area contributed by atoms with Crippen molar-refractivity contribution in [3.8, 4) is 0 Å². The van der Waals surface area contributed by atoms with Crippen LogP contribution in [0.2, 0.25) is 5.02 Å². The molecule has 4 aliphatic rings. The molecule has 3 heterocycles. The lowest BCUT2D eigenvalue weighted by atomic mass is 9.90. The van der Waals surface area contributed by atoms with Crippen LogP contribution in [-0.4, -0.2) is 41.8 Å². The molecule has 8 heteroatoms. The van der Waals surface area contributed by atoms with E-state index in [1.165, 1.54) is 12.8 Å². The number of carbonyl (C=O) groups is 2. The standard InChI is InChI=1S/C26H26ClN5O2/c27-18-6-9-21-22(12-18)30-23(33)11-17-13-28-26(31-24(17)21)29-19-7-4-16(5-8-19)25(34)32-14-15-2-1-3-20(32)10-15/h4-9,12-13,15,20,26,29,31H,1-3,10-11,14H2,(H,30,33). The highest BCUT2D eigenvalue weighted by Gasteiger charge is 2.38. The topological polar surface area (TPSA) is 85.8 Å². The summed E-state index contributed by atoms with van der Waals surface area (Å²) in [5, 5.41) is 10.2. The predicted molar refractivity (Wildman–Crippen MR) is 134 cm³/mol. The number of rotatable bonds is 3. The molecule has 3 atom stereocenters. The van der Waals surface area contributed by atoms with Crippen molar-refractivity contribution >= 4 is 46.7 Å². The summed E-state index contributed by atoms with van der Waals surface area (Å²) in [6, 6.07) is 13.5. The molecule has 0 aromatic heterocycles. The number of amides is 2. The van der Waals surface area contributed by atoms with Crippen molar-refractivity contribution in [1.29, 1.82) is 0 Å². The first kappa shape index (κ1) is 21.2. The smallest absolute Gasteiger partial charge is 0.254 e. The minimum Gasteiger partial charge on any atom is -0.347 e. The van der Waals surface area contributed by atoms with Gasteiger partial charge in [-0.25, -0.2) is 4.99 Å². The molecule has 2 amide bonds. The Labute approximate surface area is 203 Å². The van der Waals surface area contributed by atoms with Crippen molar-refractivity contribution in [3.05, 3.63) is 64.2 Å². The van der Waals surface area contributed by atoms with E-state index in [1.807, 2.05) is 36.4 Å². The highest BCUT2D eigenvalue weighted by molar-refractivity contribution is 6.31. The molecule has 1 saturated heterocycles. The van der Waals surface area contributed by atoms with Crippen molar-refractivity contribution < 1.29 is 9.59 Å². The van der Waals surface area contributed by atoms with E-state index in [0.29, 0.717) is 22.7 Å². The molecule has 3 unspecified atom stereocenters. The van der Waals surface area contributed by atoms with Crippen LogP contribution in [0.25, 0.3) is 5.70 Å². The van der Waals surface area contributed by atoms with Crippen molar-refractivity contribution in [2.45, 2.75) is 44.4 Å². The maximum absolute atomic E-state index is 13.1. The number of halogens is 1. The van der Waals surface area contributed by atoms with Crippen LogP contribution in [0.4, 0.5) is 11.4 Å². The lowest BCUT2D eigenvalue weighted by Crippen LogP contribution is -2.37. The first-order valence-corrected chi connectivity index (χ1v) is 12.2. The van der Waals surface area contributed by atoms with E-state index in [0.717, 1.165) is 47.5 Å². The molecule has 0 spiro atoms. The predicted octanol–water partition coefficient (Wildman–Crippen LogP) is 4.48. The first-order valence-electron chi connectivity index (χ1n) is 11.8. The average molecular weight is 476 g/mol. The molecule has 7 nitrogen and oxygen atoms in total. The summed E-state index contributed by atoms with van der Waals surface area (Å²) in [5.74, 6) is 0.708. The van der Waals surface area contributed by atoms with Gasteiger partial charge < -0.3 is 20.9 Å². The molecule has 3 N–H and O–H groups in total. The van der Waals surface area contributed by atoms with Crippen LogP contribution < -0.4 is 16.0 Å². The van der Waals surface area contributed by atoms with Crippen LogP contribution in [-0.2, 0) is 4.79 Å². The van der Waals surface area contributed by atoms with Crippen molar-refractivity contribution in [2.24, 2.45) is 10.9 Å². The number of benzene rings is 2. The summed E-state index contributed by atoms with van der Waals surface area (Å²) in [6.07, 6.45) is 6.34. The highest BCUT2D eigenvalue weighted by atomic mass is 35.5. The zero-order valence-electron chi connectivity index (χ0n) is 18.7. The van der Waals surface area contributed by atoms with Crippen LogP contribution in [0.5, 0.6) is 0 Å². The zero-order chi connectivity index (χ0) is 23.2. The van der Waals surface area contributed by atoms with E-state index in [9.17, 15) is 9.59 Å². The number of nitrogens with zero attached hydrogens (tertiary/aromatic N) is 2. The first-order chi connectivity index (χ1) is 16.5. The maximum Gasteiger partial charge on any atom is 0.254 e. The van der Waals surface area contributed by atoms with Gasteiger partial charge in [-0.05, 0) is 67.6 Å². The zero-order valence-corrected chi connectivity index (χ0v) is 19.4. The third-order valence-corrected chi connectivity index (χ3v) is 7.44. The van der Waals surface area contributed by atoms with Gasteiger partial charge in [0.15, 0.2) is 6.29 Å². The molecule has 0 radical (unpaired) electrons. The van der Waals surface area contributed by atoms with Crippen LogP contribution in [0.15, 0.2) is 53.0 Å². The second-order valence-electron chi connectivity index (χ2n) is 9.51. The van der Waals surface area contributed by atoms with Gasteiger partial charge in [-0.3, -0.25) is 9.59 Å². The van der Waals surface area contributed by atoms with Gasteiger partial charge in [-0.15, -0.1) is 0 Å². The molecule has 1 aliphatic carbocycles. The van der Waals surface area contributed by atoms with Crippen molar-refractivity contribution in [3.63, 3.8) is 0 Å². The number of anilines is 2. The third-order valence-electron chi connectivity index (χ3n) is 7.20. The third kappa shape index (κ3) is 3.94. The highest BCUT2D eigenvalue weighted by Crippen LogP contribution is 2.36. The fourth-order valence-electron chi connectivity index (χ4n) is 5.58. The second kappa shape index (κ2) is 8.47. The second-order valence-corrected chi connectivity index (χ2v) is 9.94. The summed E-state index contributed by atoms with van der Waals surface area (Å²) in [5.41, 5.74) is 4.81. The Morgan fingerprint density at radius 1 is 1.15 bits per heavy atom. The molecule has 2 aromatic carbocycles. The van der Waals surface area contributed by atoms with Crippen LogP contribution in [0, 0.1) is 5.92 Å². The Morgan fingerprint density at radius 3 is 2.82 bits per heavy atom. The van der Waals surface area contributed by atoms with Gasteiger partial charge in [0.25, 0.3) is 5.91 Å². The number of hydrogen-bond acceptors (Lipinski definition) is 5. The molecule has 1 saturated carbocycles. The number of nitrogens with one attached hydrogen (secondary N) is 3. The summed E-state index contributed by atoms with van der Waals surface area (Å²) in [4.78, 5) is 32.0. The number of hydrogen-bond donors (Lipinski definition) is 3. The van der Waals surface area contributed by atoms with E-state index in [1.54, 1.807) is 12.3 Å². The van der Waals surface area contributed by atoms with Gasteiger partial charge in [0.2, 0.25) is 5.91 Å². The summed E-state index contributed by atoms with van der Waals surface area (Å²) < 4.78 is 0. The van der Waals surface area contributed by atoms with Gasteiger partial charge in [-0.1, -0.05) is 18.0 Å². The fourth-order valence-corrected chi connectivity index (χ4v) is 5.75. The fraction of sp³-hybridized carbons (Fsp3) is 0.346. The molecule has 6 rings (SSSR count). The van der Waals surface area contributed by atoms with Crippen LogP contribution in [0.1, 0.15) is 48.0 Å². The van der Waals surface area contributed by atoms with Gasteiger partial charge in [0.1, 0.15) is 0 Å². The number of fused-ring (bicyclic) bond motifs is 4. The summed E-state index contributed by atoms with van der Waals surface area (Å²) in [6.45, 7) is 0.895. The quantitative estimate of drug-likeness (QED) is 0.611. The van der Waals surface area contributed by atoms with E-state index in [4.69, 9.17) is 11.6 Å². The Morgan fingerprint density at radius 2 is 2.00 bits per heavy atom. The van der Waals surface area contributed by atoms with E-state index >= 15 is 0 Å². The molecule has 2 bridgehead atoms. The van der Waals surface area contributed by atoms with E-state index in [2.05, 4.69) is 25.8 Å². The van der Waals surface area contributed by atoms with Crippen molar-refractivity contribution in [2.75, 3.05) is 17.2 Å². The minimum absolute atomic E-state index is 0.102. The van der Waals surface area contributed by atoms with Gasteiger partial charge in [0, 0.05) is 46.2 Å². The van der Waals surface area contributed by atoms with E-state index < -0.39 is 6.29 Å². The minimum atomic E-state index is -0.408. The van der Waals surface area contributed by atoms with E-state index in [-0.39, 0.29) is 18.2 Å². The van der Waals surface area contributed by atoms with Crippen LogP contribution in [0.3, 0.4) is 0 Å². The lowest BCUT2D eigenvalue weighted by molar-refractivity contribution is -0.115. The number of aliphatic imine (C=N–C) groups is 1. The summed E-state index contributed by atoms with van der Waals surface area (Å²) >= 11 is 6.14. The molecule has 2 aromatic rings. The molecule has 2 fully saturated rings. The average Bonchev–Trinajstić information content (AvgIpc) is 3.04. The largest absolute Gasteiger partial charge is 0.347 e. The molecular weight excluding hydrogens is 450 g/mol. The molecule has 3 aliphatic heterocycles. The monoisotopic (exact) mass is 475 g/mol. The SMILES string of the molecule is O=C1CC2=C(NC(Nc3ccc(C(=O)N4CC5CCCC4C5)cc3)N=C2)c2ccc(Cl)cc2N1. The summed E-state index contributed by atoms with van der Waals surface area (Å²) in [7, 11) is 0. The Balaban J connectivity index is 1.17. The Kier molecular flexibility index (Phi) is 5.29. The number of likely N-dealkylation sites (tertiary alicyclic amines) is 1. The van der Waals surface area contributed by atoms with Gasteiger partial charge >= 0.3 is 0 Å². The molecular formula is C26H26ClN5O2. The Hall–Kier alpha value is -3.32. The van der Waals surface area contributed by atoms with Crippen LogP contribution >= 0.6 is 11.6 Å². The van der Waals surface area contributed by atoms with Crippen molar-refractivity contribution in [1.82, 2.24) is 10.2 Å². The van der Waals surface area contributed by atoms with Gasteiger partial charge in [-0.2, -0.15) is 0 Å². The molecule has 174 valence electrons.